The van der Waals surface area contributed by atoms with Crippen LogP contribution in [0.15, 0.2) is 0 Å². The lowest BCUT2D eigenvalue weighted by atomic mass is 10.1. The van der Waals surface area contributed by atoms with Crippen LogP contribution in [-0.4, -0.2) is 36.2 Å². The summed E-state index contributed by atoms with van der Waals surface area (Å²) in [5.41, 5.74) is 0. The van der Waals surface area contributed by atoms with Gasteiger partial charge >= 0.3 is 0 Å². The summed E-state index contributed by atoms with van der Waals surface area (Å²) in [5.74, 6) is 0. The van der Waals surface area contributed by atoms with E-state index in [4.69, 9.17) is 0 Å². The molecule has 0 bridgehead atoms. The second kappa shape index (κ2) is 6.50. The van der Waals surface area contributed by atoms with Crippen LogP contribution in [-0.2, 0) is 10.2 Å². The molecule has 6 heteroatoms. The van der Waals surface area contributed by atoms with Gasteiger partial charge in [0, 0.05) is 23.5 Å². The van der Waals surface area contributed by atoms with E-state index in [1.54, 1.807) is 4.31 Å². The van der Waals surface area contributed by atoms with Gasteiger partial charge in [-0.2, -0.15) is 17.4 Å². The first-order valence-electron chi connectivity index (χ1n) is 6.26. The second-order valence-electron chi connectivity index (χ2n) is 5.00. The first kappa shape index (κ1) is 15.4. The summed E-state index contributed by atoms with van der Waals surface area (Å²) in [6, 6.07) is 0.0818. The summed E-state index contributed by atoms with van der Waals surface area (Å²) in [6.07, 6.45) is 3.85. The zero-order chi connectivity index (χ0) is 13.1. The minimum atomic E-state index is -3.31. The maximum atomic E-state index is 12.2. The number of halogens is 1. The molecule has 0 spiro atoms. The fraction of sp³-hybridized carbons (Fsp3) is 1.00. The van der Waals surface area contributed by atoms with E-state index < -0.39 is 10.2 Å². The lowest BCUT2D eigenvalue weighted by Gasteiger charge is -2.33. The number of hydrogen-bond acceptors (Lipinski definition) is 2. The molecule has 1 heterocycles. The largest absolute Gasteiger partial charge is 0.279 e. The van der Waals surface area contributed by atoms with Crippen molar-refractivity contribution in [2.75, 3.05) is 6.54 Å². The molecule has 0 aliphatic carbocycles. The highest BCUT2D eigenvalue weighted by Crippen LogP contribution is 2.19. The Kier molecular flexibility index (Phi) is 5.89. The second-order valence-corrected chi connectivity index (χ2v) is 8.21. The van der Waals surface area contributed by atoms with Crippen molar-refractivity contribution in [2.45, 2.75) is 63.4 Å². The van der Waals surface area contributed by atoms with Crippen molar-refractivity contribution in [3.05, 3.63) is 0 Å². The molecule has 1 rings (SSSR count). The van der Waals surface area contributed by atoms with Crippen molar-refractivity contribution in [2.24, 2.45) is 0 Å². The fourth-order valence-corrected chi connectivity index (χ4v) is 4.54. The van der Waals surface area contributed by atoms with Crippen LogP contribution in [0.5, 0.6) is 0 Å². The Bertz CT molecular complexity index is 332. The topological polar surface area (TPSA) is 49.4 Å². The van der Waals surface area contributed by atoms with E-state index in [0.717, 1.165) is 25.7 Å². The van der Waals surface area contributed by atoms with Gasteiger partial charge in [0.2, 0.25) is 0 Å². The quantitative estimate of drug-likeness (QED) is 0.788. The Morgan fingerprint density at radius 2 is 2.06 bits per heavy atom. The highest BCUT2D eigenvalue weighted by Gasteiger charge is 2.30. The zero-order valence-electron chi connectivity index (χ0n) is 10.8. The first-order valence-corrected chi connectivity index (χ1v) is 8.61. The number of rotatable bonds is 5. The van der Waals surface area contributed by atoms with Gasteiger partial charge in [-0.05, 0) is 33.1 Å². The number of alkyl halides is 1. The molecule has 0 aromatic rings. The number of piperidine rings is 1. The molecule has 102 valence electrons. The number of hydrogen-bond donors (Lipinski definition) is 1. The molecule has 1 fully saturated rings. The van der Waals surface area contributed by atoms with Crippen LogP contribution in [0.25, 0.3) is 0 Å². The van der Waals surface area contributed by atoms with E-state index in [-0.39, 0.29) is 12.1 Å². The summed E-state index contributed by atoms with van der Waals surface area (Å²) in [4.78, 5) is 0.318. The monoisotopic (exact) mass is 326 g/mol. The average Bonchev–Trinajstić information content (AvgIpc) is 2.15. The van der Waals surface area contributed by atoms with Gasteiger partial charge < -0.3 is 0 Å². The third-order valence-corrected chi connectivity index (χ3v) is 5.31. The first-order chi connectivity index (χ1) is 7.83. The van der Waals surface area contributed by atoms with Crippen molar-refractivity contribution in [3.8, 4) is 0 Å². The summed E-state index contributed by atoms with van der Waals surface area (Å²) >= 11 is 3.44. The normalized spacial score (nSPS) is 26.7. The predicted octanol–water partition coefficient (Wildman–Crippen LogP) is 2.26. The maximum Gasteiger partial charge on any atom is 0.279 e. The molecule has 1 aliphatic heterocycles. The molecule has 0 aromatic carbocycles. The van der Waals surface area contributed by atoms with Crippen LogP contribution in [0.4, 0.5) is 0 Å². The lowest BCUT2D eigenvalue weighted by molar-refractivity contribution is 0.263. The van der Waals surface area contributed by atoms with E-state index in [0.29, 0.717) is 11.4 Å². The Balaban J connectivity index is 2.60. The molecule has 17 heavy (non-hydrogen) atoms. The van der Waals surface area contributed by atoms with E-state index in [1.165, 1.54) is 0 Å². The number of nitrogens with one attached hydrogen (secondary N) is 1. The fourth-order valence-electron chi connectivity index (χ4n) is 2.29. The van der Waals surface area contributed by atoms with Gasteiger partial charge in [-0.15, -0.1) is 0 Å². The van der Waals surface area contributed by atoms with Gasteiger partial charge in [0.05, 0.1) is 0 Å². The van der Waals surface area contributed by atoms with Gasteiger partial charge in [0.25, 0.3) is 10.2 Å². The summed E-state index contributed by atoms with van der Waals surface area (Å²) in [5, 5.41) is 0. The molecular weight excluding hydrogens is 304 g/mol. The molecule has 0 saturated carbocycles. The molecule has 4 nitrogen and oxygen atoms in total. The average molecular weight is 327 g/mol. The van der Waals surface area contributed by atoms with Crippen molar-refractivity contribution < 1.29 is 8.42 Å². The molecule has 0 amide bonds. The van der Waals surface area contributed by atoms with Gasteiger partial charge in [-0.1, -0.05) is 29.3 Å². The Morgan fingerprint density at radius 3 is 2.59 bits per heavy atom. The molecular formula is C11H23BrN2O2S. The molecule has 0 aromatic heterocycles. The van der Waals surface area contributed by atoms with E-state index in [2.05, 4.69) is 20.7 Å². The van der Waals surface area contributed by atoms with E-state index >= 15 is 0 Å². The molecule has 1 saturated heterocycles. The van der Waals surface area contributed by atoms with Crippen LogP contribution in [0, 0.1) is 0 Å². The third-order valence-electron chi connectivity index (χ3n) is 3.08. The van der Waals surface area contributed by atoms with Gasteiger partial charge in [-0.3, -0.25) is 0 Å². The van der Waals surface area contributed by atoms with Crippen molar-refractivity contribution in [3.63, 3.8) is 0 Å². The van der Waals surface area contributed by atoms with Crippen LogP contribution in [0.1, 0.15) is 46.5 Å². The minimum Gasteiger partial charge on any atom is -0.199 e. The van der Waals surface area contributed by atoms with Crippen LogP contribution in [0.2, 0.25) is 0 Å². The van der Waals surface area contributed by atoms with Crippen molar-refractivity contribution >= 4 is 26.1 Å². The minimum absolute atomic E-state index is 0.0384. The Labute approximate surface area is 113 Å². The standard InChI is InChI=1S/C11H23BrN2O2S/c1-9(12)8-10(2)13-17(15,16)14-7-5-4-6-11(14)3/h9-11,13H,4-8H2,1-3H3. The summed E-state index contributed by atoms with van der Waals surface area (Å²) in [7, 11) is -3.31. The molecule has 1 aliphatic rings. The maximum absolute atomic E-state index is 12.2. The predicted molar refractivity (Wildman–Crippen MR) is 74.5 cm³/mol. The van der Waals surface area contributed by atoms with E-state index in [9.17, 15) is 8.42 Å². The summed E-state index contributed by atoms with van der Waals surface area (Å²) in [6.45, 7) is 6.56. The molecule has 3 unspecified atom stereocenters. The molecule has 1 N–H and O–H groups in total. The van der Waals surface area contributed by atoms with Gasteiger partial charge in [0.15, 0.2) is 0 Å². The smallest absolute Gasteiger partial charge is 0.199 e. The van der Waals surface area contributed by atoms with Gasteiger partial charge in [0.1, 0.15) is 0 Å². The lowest BCUT2D eigenvalue weighted by Crippen LogP contribution is -2.50. The summed E-state index contributed by atoms with van der Waals surface area (Å²) < 4.78 is 28.7. The van der Waals surface area contributed by atoms with Gasteiger partial charge in [-0.25, -0.2) is 0 Å². The Hall–Kier alpha value is 0.350. The zero-order valence-corrected chi connectivity index (χ0v) is 13.2. The SMILES string of the molecule is CC(Br)CC(C)NS(=O)(=O)N1CCCCC1C. The number of nitrogens with zero attached hydrogens (tertiary/aromatic N) is 1. The van der Waals surface area contributed by atoms with Crippen molar-refractivity contribution in [1.82, 2.24) is 9.03 Å². The van der Waals surface area contributed by atoms with Crippen LogP contribution >= 0.6 is 15.9 Å². The molecule has 3 atom stereocenters. The van der Waals surface area contributed by atoms with Crippen LogP contribution in [0.3, 0.4) is 0 Å². The third kappa shape index (κ3) is 4.85. The highest BCUT2D eigenvalue weighted by molar-refractivity contribution is 9.09. The van der Waals surface area contributed by atoms with Crippen molar-refractivity contribution in [1.29, 1.82) is 0 Å². The highest BCUT2D eigenvalue weighted by atomic mass is 79.9. The molecule has 0 radical (unpaired) electrons. The van der Waals surface area contributed by atoms with Crippen LogP contribution < -0.4 is 4.72 Å². The Morgan fingerprint density at radius 1 is 1.41 bits per heavy atom. The van der Waals surface area contributed by atoms with E-state index in [1.807, 2.05) is 20.8 Å².